The number of non-ortho nitro benzene ring substituents is 1. The molecule has 0 aromatic heterocycles. The van der Waals surface area contributed by atoms with Crippen molar-refractivity contribution < 1.29 is 19.9 Å². The van der Waals surface area contributed by atoms with Crippen LogP contribution in [0, 0.1) is 30.3 Å². The van der Waals surface area contributed by atoms with Gasteiger partial charge in [0.05, 0.1) is 26.9 Å². The van der Waals surface area contributed by atoms with Crippen LogP contribution in [0.15, 0.2) is 36.4 Å². The van der Waals surface area contributed by atoms with Crippen LogP contribution in [0.5, 0.6) is 5.75 Å². The van der Waals surface area contributed by atoms with Crippen LogP contribution in [-0.2, 0) is 12.8 Å². The number of hydrogen-bond acceptors (Lipinski definition) is 9. The molecule has 0 amide bonds. The highest BCUT2D eigenvalue weighted by Crippen LogP contribution is 2.38. The largest absolute Gasteiger partial charge is 0.497 e. The van der Waals surface area contributed by atoms with Crippen molar-refractivity contribution in [1.29, 1.82) is 0 Å². The van der Waals surface area contributed by atoms with E-state index in [1.807, 2.05) is 0 Å². The number of rotatable bonds is 7. The maximum Gasteiger partial charge on any atom is 0.324 e. The summed E-state index contributed by atoms with van der Waals surface area (Å²) in [6.45, 7) is 1.44. The van der Waals surface area contributed by atoms with E-state index in [9.17, 15) is 30.3 Å². The van der Waals surface area contributed by atoms with Gasteiger partial charge in [-0.15, -0.1) is 0 Å². The summed E-state index contributed by atoms with van der Waals surface area (Å²) in [5, 5.41) is 40.2. The van der Waals surface area contributed by atoms with E-state index < -0.39 is 37.6 Å². The van der Waals surface area contributed by atoms with E-state index in [1.54, 1.807) is 0 Å². The molecular weight excluding hydrogens is 374 g/mol. The van der Waals surface area contributed by atoms with Gasteiger partial charge in [0.15, 0.2) is 0 Å². The summed E-state index contributed by atoms with van der Waals surface area (Å²) in [6, 6.07) is 9.38. The van der Waals surface area contributed by atoms with Gasteiger partial charge in [0, 0.05) is 0 Å². The highest BCUT2D eigenvalue weighted by atomic mass is 16.6. The van der Waals surface area contributed by atoms with Gasteiger partial charge in [-0.1, -0.05) is 24.3 Å². The molecular formula is C16H19N5O7. The van der Waals surface area contributed by atoms with Crippen LogP contribution < -0.4 is 11.5 Å². The molecule has 0 heterocycles. The molecule has 0 aliphatic rings. The van der Waals surface area contributed by atoms with Crippen LogP contribution in [0.4, 0.5) is 17.1 Å². The number of phenolic OH excluding ortho intramolecular Hbond substituents is 1. The molecule has 0 unspecified atom stereocenters. The SMILES string of the molecule is NCCc1ccc(CCN)cc1.O=[N+]([O-])c1cc([N+](=O)[O-])c(O)c([N+](=O)[O-])c1. The number of nitrogens with zero attached hydrogens (tertiary/aromatic N) is 3. The van der Waals surface area contributed by atoms with E-state index in [4.69, 9.17) is 16.6 Å². The third kappa shape index (κ3) is 6.26. The van der Waals surface area contributed by atoms with Crippen molar-refractivity contribution in [2.75, 3.05) is 13.1 Å². The van der Waals surface area contributed by atoms with Gasteiger partial charge in [-0.05, 0) is 37.1 Å². The molecule has 150 valence electrons. The number of phenols is 1. The zero-order chi connectivity index (χ0) is 21.3. The molecule has 5 N–H and O–H groups in total. The Hall–Kier alpha value is -3.64. The van der Waals surface area contributed by atoms with Gasteiger partial charge in [0.25, 0.3) is 11.4 Å². The molecule has 0 saturated heterocycles. The molecule has 0 spiro atoms. The normalized spacial score (nSPS) is 9.93. The molecule has 2 rings (SSSR count). The smallest absolute Gasteiger partial charge is 0.324 e. The van der Waals surface area contributed by atoms with E-state index in [0.29, 0.717) is 12.1 Å². The molecule has 0 fully saturated rings. The first kappa shape index (κ1) is 22.4. The van der Waals surface area contributed by atoms with Crippen LogP contribution in [0.2, 0.25) is 0 Å². The topological polar surface area (TPSA) is 202 Å². The standard InChI is InChI=1S/C10H16N2.C6H3N3O7/c11-7-5-9-1-2-10(4-3-9)6-8-12;10-6-4(8(13)14)1-3(7(11)12)2-5(6)9(15)16/h1-4H,5-8,11-12H2;1-2,10H. The van der Waals surface area contributed by atoms with Crippen molar-refractivity contribution in [3.8, 4) is 5.75 Å². The van der Waals surface area contributed by atoms with Gasteiger partial charge in [-0.3, -0.25) is 30.3 Å². The van der Waals surface area contributed by atoms with Crippen molar-refractivity contribution in [3.05, 3.63) is 77.9 Å². The van der Waals surface area contributed by atoms with E-state index in [1.165, 1.54) is 11.1 Å². The van der Waals surface area contributed by atoms with Crippen molar-refractivity contribution in [3.63, 3.8) is 0 Å². The van der Waals surface area contributed by atoms with Crippen molar-refractivity contribution in [2.45, 2.75) is 12.8 Å². The van der Waals surface area contributed by atoms with Crippen LogP contribution >= 0.6 is 0 Å². The summed E-state index contributed by atoms with van der Waals surface area (Å²) in [5.74, 6) is -1.21. The Kier molecular flexibility index (Phi) is 8.40. The molecule has 2 aromatic carbocycles. The molecule has 12 heteroatoms. The Bertz CT molecular complexity index is 795. The summed E-state index contributed by atoms with van der Waals surface area (Å²) >= 11 is 0. The number of nitro benzene ring substituents is 3. The maximum atomic E-state index is 10.4. The third-order valence-electron chi connectivity index (χ3n) is 3.55. The molecule has 2 aromatic rings. The maximum absolute atomic E-state index is 10.4. The number of nitro groups is 3. The van der Waals surface area contributed by atoms with E-state index in [2.05, 4.69) is 24.3 Å². The van der Waals surface area contributed by atoms with Gasteiger partial charge < -0.3 is 16.6 Å². The first-order valence-corrected chi connectivity index (χ1v) is 7.99. The van der Waals surface area contributed by atoms with Crippen LogP contribution in [0.3, 0.4) is 0 Å². The minimum absolute atomic E-state index is 0.447. The van der Waals surface area contributed by atoms with Crippen LogP contribution in [0.25, 0.3) is 0 Å². The average Bonchev–Trinajstić information content (AvgIpc) is 2.64. The number of hydrogen-bond donors (Lipinski definition) is 3. The van der Waals surface area contributed by atoms with Crippen molar-refractivity contribution in [2.24, 2.45) is 11.5 Å². The van der Waals surface area contributed by atoms with E-state index in [0.717, 1.165) is 25.9 Å². The lowest BCUT2D eigenvalue weighted by molar-refractivity contribution is -0.404. The lowest BCUT2D eigenvalue weighted by atomic mass is 10.1. The number of aromatic hydroxyl groups is 1. The summed E-state index contributed by atoms with van der Waals surface area (Å²) < 4.78 is 0. The average molecular weight is 393 g/mol. The fraction of sp³-hybridized carbons (Fsp3) is 0.250. The quantitative estimate of drug-likeness (QED) is 0.463. The van der Waals surface area contributed by atoms with Gasteiger partial charge in [-0.25, -0.2) is 0 Å². The second-order valence-electron chi connectivity index (χ2n) is 5.50. The van der Waals surface area contributed by atoms with Gasteiger partial charge in [0.1, 0.15) is 0 Å². The molecule has 0 radical (unpaired) electrons. The number of benzene rings is 2. The predicted molar refractivity (Wildman–Crippen MR) is 100 cm³/mol. The Labute approximate surface area is 158 Å². The molecule has 0 atom stereocenters. The minimum atomic E-state index is -1.21. The van der Waals surface area contributed by atoms with E-state index in [-0.39, 0.29) is 0 Å². The molecule has 0 aliphatic heterocycles. The minimum Gasteiger partial charge on any atom is -0.497 e. The first-order chi connectivity index (χ1) is 13.2. The lowest BCUT2D eigenvalue weighted by Crippen LogP contribution is -2.04. The second-order valence-corrected chi connectivity index (χ2v) is 5.50. The van der Waals surface area contributed by atoms with Crippen LogP contribution in [-0.4, -0.2) is 33.0 Å². The predicted octanol–water partition coefficient (Wildman–Crippen LogP) is 1.81. The highest BCUT2D eigenvalue weighted by Gasteiger charge is 2.30. The molecule has 12 nitrogen and oxygen atoms in total. The zero-order valence-corrected chi connectivity index (χ0v) is 14.7. The Morgan fingerprint density at radius 2 is 1.11 bits per heavy atom. The van der Waals surface area contributed by atoms with Gasteiger partial charge in [-0.2, -0.15) is 0 Å². The second kappa shape index (κ2) is 10.5. The first-order valence-electron chi connectivity index (χ1n) is 7.99. The Morgan fingerprint density at radius 1 is 0.750 bits per heavy atom. The summed E-state index contributed by atoms with van der Waals surface area (Å²) in [6.07, 6.45) is 1.92. The van der Waals surface area contributed by atoms with Gasteiger partial charge in [0.2, 0.25) is 0 Å². The highest BCUT2D eigenvalue weighted by molar-refractivity contribution is 5.64. The Morgan fingerprint density at radius 3 is 1.36 bits per heavy atom. The van der Waals surface area contributed by atoms with E-state index >= 15 is 0 Å². The summed E-state index contributed by atoms with van der Waals surface area (Å²) in [5.41, 5.74) is 10.5. The van der Waals surface area contributed by atoms with Crippen molar-refractivity contribution in [1.82, 2.24) is 0 Å². The third-order valence-corrected chi connectivity index (χ3v) is 3.55. The summed E-state index contributed by atoms with van der Waals surface area (Å²) in [7, 11) is 0. The monoisotopic (exact) mass is 393 g/mol. The van der Waals surface area contributed by atoms with Crippen molar-refractivity contribution >= 4 is 17.1 Å². The fourth-order valence-corrected chi connectivity index (χ4v) is 2.18. The molecule has 0 bridgehead atoms. The molecule has 0 saturated carbocycles. The molecule has 28 heavy (non-hydrogen) atoms. The zero-order valence-electron chi connectivity index (χ0n) is 14.7. The fourth-order valence-electron chi connectivity index (χ4n) is 2.18. The Balaban J connectivity index is 0.000000292. The summed E-state index contributed by atoms with van der Waals surface area (Å²) in [4.78, 5) is 27.8. The van der Waals surface area contributed by atoms with Crippen LogP contribution in [0.1, 0.15) is 11.1 Å². The lowest BCUT2D eigenvalue weighted by Gasteiger charge is -2.01. The number of nitrogens with two attached hydrogens (primary N) is 2. The molecule has 0 aliphatic carbocycles. The van der Waals surface area contributed by atoms with Gasteiger partial charge >= 0.3 is 11.4 Å².